The van der Waals surface area contributed by atoms with Gasteiger partial charge >= 0.3 is 0 Å². The fourth-order valence-corrected chi connectivity index (χ4v) is 1.50. The molecule has 0 amide bonds. The van der Waals surface area contributed by atoms with Crippen molar-refractivity contribution in [3.63, 3.8) is 0 Å². The third kappa shape index (κ3) is 2.10. The summed E-state index contributed by atoms with van der Waals surface area (Å²) in [5.74, 6) is -0.111. The number of hydrogen-bond acceptors (Lipinski definition) is 2. The number of nitriles is 2. The van der Waals surface area contributed by atoms with Crippen LogP contribution in [0, 0.1) is 34.5 Å². The van der Waals surface area contributed by atoms with Gasteiger partial charge < -0.3 is 0 Å². The predicted octanol–water partition coefficient (Wildman–Crippen LogP) is 2.40. The highest BCUT2D eigenvalue weighted by atomic mass is 14.3. The zero-order valence-electron chi connectivity index (χ0n) is 7.03. The van der Waals surface area contributed by atoms with Crippen LogP contribution in [0.5, 0.6) is 0 Å². The Morgan fingerprint density at radius 1 is 0.917 bits per heavy atom. The first-order valence-corrected chi connectivity index (χ1v) is 4.32. The summed E-state index contributed by atoms with van der Waals surface area (Å²) < 4.78 is 0. The fraction of sp³-hybridized carbons (Fsp3) is 0.600. The normalized spacial score (nSPS) is 29.5. The van der Waals surface area contributed by atoms with Crippen molar-refractivity contribution in [2.24, 2.45) is 11.8 Å². The van der Waals surface area contributed by atoms with Crippen LogP contribution in [0.15, 0.2) is 12.2 Å². The van der Waals surface area contributed by atoms with Crippen LogP contribution in [-0.2, 0) is 0 Å². The molecule has 1 aliphatic rings. The Balaban J connectivity index is 2.64. The van der Waals surface area contributed by atoms with Crippen molar-refractivity contribution < 1.29 is 0 Å². The van der Waals surface area contributed by atoms with Gasteiger partial charge in [-0.05, 0) is 25.7 Å². The predicted molar refractivity (Wildman–Crippen MR) is 45.8 cm³/mol. The van der Waals surface area contributed by atoms with Crippen molar-refractivity contribution in [1.29, 1.82) is 10.5 Å². The van der Waals surface area contributed by atoms with Crippen molar-refractivity contribution in [2.45, 2.75) is 25.7 Å². The molecule has 2 unspecified atom stereocenters. The molecule has 0 aromatic rings. The molecule has 0 radical (unpaired) electrons. The third-order valence-electron chi connectivity index (χ3n) is 2.27. The first-order chi connectivity index (χ1) is 5.88. The second-order valence-electron chi connectivity index (χ2n) is 3.10. The molecular weight excluding hydrogens is 148 g/mol. The van der Waals surface area contributed by atoms with Crippen LogP contribution in [0.25, 0.3) is 0 Å². The average molecular weight is 160 g/mol. The third-order valence-corrected chi connectivity index (χ3v) is 2.27. The Labute approximate surface area is 73.1 Å². The smallest absolute Gasteiger partial charge is 0.0669 e. The number of rotatable bonds is 0. The summed E-state index contributed by atoms with van der Waals surface area (Å²) in [6.45, 7) is 0. The molecule has 2 atom stereocenters. The zero-order valence-corrected chi connectivity index (χ0v) is 7.03. The maximum atomic E-state index is 8.78. The van der Waals surface area contributed by atoms with Gasteiger partial charge in [-0.25, -0.2) is 0 Å². The van der Waals surface area contributed by atoms with Crippen LogP contribution in [-0.4, -0.2) is 0 Å². The minimum atomic E-state index is -0.0556. The molecule has 0 saturated heterocycles. The summed E-state index contributed by atoms with van der Waals surface area (Å²) in [7, 11) is 0. The molecule has 0 aromatic heterocycles. The molecule has 0 N–H and O–H groups in total. The summed E-state index contributed by atoms with van der Waals surface area (Å²) in [6.07, 6.45) is 7.78. The van der Waals surface area contributed by atoms with Gasteiger partial charge in [-0.2, -0.15) is 10.5 Å². The molecule has 62 valence electrons. The van der Waals surface area contributed by atoms with E-state index >= 15 is 0 Å². The van der Waals surface area contributed by atoms with Crippen molar-refractivity contribution >= 4 is 0 Å². The molecule has 2 nitrogen and oxygen atoms in total. The molecule has 0 aromatic carbocycles. The van der Waals surface area contributed by atoms with Crippen LogP contribution in [0.1, 0.15) is 25.7 Å². The second kappa shape index (κ2) is 4.57. The van der Waals surface area contributed by atoms with Gasteiger partial charge in [-0.3, -0.25) is 0 Å². The van der Waals surface area contributed by atoms with E-state index in [2.05, 4.69) is 24.3 Å². The topological polar surface area (TPSA) is 47.6 Å². The molecule has 0 bridgehead atoms. The fourth-order valence-electron chi connectivity index (χ4n) is 1.50. The first-order valence-electron chi connectivity index (χ1n) is 4.32. The van der Waals surface area contributed by atoms with Gasteiger partial charge in [0, 0.05) is 0 Å². The van der Waals surface area contributed by atoms with Gasteiger partial charge in [0.1, 0.15) is 0 Å². The largest absolute Gasteiger partial charge is 0.198 e. The highest BCUT2D eigenvalue weighted by molar-refractivity contribution is 5.01. The van der Waals surface area contributed by atoms with E-state index in [1.807, 2.05) is 0 Å². The average Bonchev–Trinajstić information content (AvgIpc) is 2.05. The summed E-state index contributed by atoms with van der Waals surface area (Å²) >= 11 is 0. The van der Waals surface area contributed by atoms with E-state index in [-0.39, 0.29) is 11.8 Å². The van der Waals surface area contributed by atoms with Gasteiger partial charge in [0.15, 0.2) is 0 Å². The van der Waals surface area contributed by atoms with Gasteiger partial charge in [-0.1, -0.05) is 12.2 Å². The lowest BCUT2D eigenvalue weighted by Gasteiger charge is -2.15. The quantitative estimate of drug-likeness (QED) is 0.511. The molecule has 1 rings (SSSR count). The van der Waals surface area contributed by atoms with Crippen molar-refractivity contribution in [3.8, 4) is 12.1 Å². The van der Waals surface area contributed by atoms with Gasteiger partial charge in [-0.15, -0.1) is 0 Å². The number of hydrogen-bond donors (Lipinski definition) is 0. The van der Waals surface area contributed by atoms with E-state index in [1.165, 1.54) is 0 Å². The summed E-state index contributed by atoms with van der Waals surface area (Å²) in [5, 5.41) is 17.6. The molecule has 0 heterocycles. The lowest BCUT2D eigenvalue weighted by atomic mass is 9.85. The van der Waals surface area contributed by atoms with E-state index in [9.17, 15) is 0 Å². The standard InChI is InChI=1S/C10H12N2/c11-7-9-5-3-1-2-4-6-10(9)8-12/h1-2,9-10H,3-6H2. The van der Waals surface area contributed by atoms with Crippen molar-refractivity contribution in [3.05, 3.63) is 12.2 Å². The Kier molecular flexibility index (Phi) is 3.35. The molecule has 1 aliphatic carbocycles. The Morgan fingerprint density at radius 2 is 1.33 bits per heavy atom. The lowest BCUT2D eigenvalue weighted by Crippen LogP contribution is -2.12. The van der Waals surface area contributed by atoms with Gasteiger partial charge in [0.25, 0.3) is 0 Å². The Hall–Kier alpha value is -1.28. The molecule has 0 fully saturated rings. The maximum absolute atomic E-state index is 8.78. The zero-order chi connectivity index (χ0) is 8.81. The Bertz CT molecular complexity index is 216. The minimum Gasteiger partial charge on any atom is -0.198 e. The summed E-state index contributed by atoms with van der Waals surface area (Å²) in [5.41, 5.74) is 0. The van der Waals surface area contributed by atoms with Crippen molar-refractivity contribution in [2.75, 3.05) is 0 Å². The molecule has 12 heavy (non-hydrogen) atoms. The van der Waals surface area contributed by atoms with Crippen molar-refractivity contribution in [1.82, 2.24) is 0 Å². The second-order valence-corrected chi connectivity index (χ2v) is 3.10. The highest BCUT2D eigenvalue weighted by Crippen LogP contribution is 2.23. The highest BCUT2D eigenvalue weighted by Gasteiger charge is 2.20. The van der Waals surface area contributed by atoms with Gasteiger partial charge in [0.2, 0.25) is 0 Å². The summed E-state index contributed by atoms with van der Waals surface area (Å²) in [4.78, 5) is 0. The van der Waals surface area contributed by atoms with Gasteiger partial charge in [0.05, 0.1) is 24.0 Å². The molecule has 0 aliphatic heterocycles. The van der Waals surface area contributed by atoms with Crippen LogP contribution < -0.4 is 0 Å². The molecule has 0 spiro atoms. The van der Waals surface area contributed by atoms with E-state index in [1.54, 1.807) is 0 Å². The number of allylic oxidation sites excluding steroid dienone is 2. The van der Waals surface area contributed by atoms with Crippen LogP contribution >= 0.6 is 0 Å². The van der Waals surface area contributed by atoms with E-state index < -0.39 is 0 Å². The first kappa shape index (κ1) is 8.81. The monoisotopic (exact) mass is 160 g/mol. The minimum absolute atomic E-state index is 0.0556. The molecule has 2 heteroatoms. The van der Waals surface area contributed by atoms with E-state index in [0.717, 1.165) is 25.7 Å². The molecule has 0 saturated carbocycles. The lowest BCUT2D eigenvalue weighted by molar-refractivity contribution is 0.436. The van der Waals surface area contributed by atoms with E-state index in [0.29, 0.717) is 0 Å². The van der Waals surface area contributed by atoms with Crippen LogP contribution in [0.4, 0.5) is 0 Å². The summed E-state index contributed by atoms with van der Waals surface area (Å²) in [6, 6.07) is 4.43. The van der Waals surface area contributed by atoms with Crippen LogP contribution in [0.2, 0.25) is 0 Å². The maximum Gasteiger partial charge on any atom is 0.0669 e. The SMILES string of the molecule is N#CC1CCC=CCCC1C#N. The number of nitrogens with zero attached hydrogens (tertiary/aromatic N) is 2. The van der Waals surface area contributed by atoms with E-state index in [4.69, 9.17) is 10.5 Å². The Morgan fingerprint density at radius 3 is 1.67 bits per heavy atom. The molecular formula is C10H12N2. The van der Waals surface area contributed by atoms with Crippen LogP contribution in [0.3, 0.4) is 0 Å².